The number of hydrogen-bond donors (Lipinski definition) is 0. The number of nitrogens with zero attached hydrogens (tertiary/aromatic N) is 2. The van der Waals surface area contributed by atoms with Crippen LogP contribution in [-0.2, 0) is 0 Å². The lowest BCUT2D eigenvalue weighted by Crippen LogP contribution is -2.27. The van der Waals surface area contributed by atoms with Gasteiger partial charge in [-0.1, -0.05) is 152 Å². The number of benzene rings is 6. The third kappa shape index (κ3) is 6.39. The van der Waals surface area contributed by atoms with Gasteiger partial charge in [-0.2, -0.15) is 0 Å². The zero-order valence-corrected chi connectivity index (χ0v) is 24.4. The molecule has 43 heavy (non-hydrogen) atoms. The quantitative estimate of drug-likeness (QED) is 0.104. The second-order valence-electron chi connectivity index (χ2n) is 10.5. The molecule has 0 spiro atoms. The first-order valence-electron chi connectivity index (χ1n) is 14.6. The predicted octanol–water partition coefficient (Wildman–Crippen LogP) is 10.4. The van der Waals surface area contributed by atoms with Crippen LogP contribution in [0.4, 0.5) is 5.69 Å². The molecule has 0 fully saturated rings. The van der Waals surface area contributed by atoms with E-state index in [9.17, 15) is 0 Å². The van der Waals surface area contributed by atoms with Gasteiger partial charge in [-0.15, -0.1) is 6.58 Å². The van der Waals surface area contributed by atoms with Crippen molar-refractivity contribution in [2.75, 3.05) is 18.5 Å². The van der Waals surface area contributed by atoms with E-state index in [1.54, 1.807) is 0 Å². The Morgan fingerprint density at radius 3 is 1.19 bits per heavy atom. The molecule has 6 aromatic carbocycles. The van der Waals surface area contributed by atoms with Gasteiger partial charge < -0.3 is 4.90 Å². The Balaban J connectivity index is 1.16. The van der Waals surface area contributed by atoms with Crippen molar-refractivity contribution in [2.24, 2.45) is 4.99 Å². The van der Waals surface area contributed by atoms with Crippen LogP contribution in [0, 0.1) is 0 Å². The van der Waals surface area contributed by atoms with Crippen LogP contribution in [0.1, 0.15) is 5.56 Å². The summed E-state index contributed by atoms with van der Waals surface area (Å²) >= 11 is 0. The van der Waals surface area contributed by atoms with E-state index in [2.05, 4.69) is 152 Å². The minimum absolute atomic E-state index is 0.567. The van der Waals surface area contributed by atoms with Gasteiger partial charge in [0.05, 0.1) is 6.54 Å². The zero-order chi connectivity index (χ0) is 29.4. The highest BCUT2D eigenvalue weighted by Crippen LogP contribution is 2.29. The Morgan fingerprint density at radius 1 is 0.488 bits per heavy atom. The molecule has 6 rings (SSSR count). The lowest BCUT2D eigenvalue weighted by molar-refractivity contribution is 1.17. The molecule has 2 heteroatoms. The second kappa shape index (κ2) is 13.0. The van der Waals surface area contributed by atoms with Crippen LogP contribution < -0.4 is 4.90 Å². The van der Waals surface area contributed by atoms with Crippen LogP contribution in [0.3, 0.4) is 0 Å². The molecule has 0 N–H and O–H groups in total. The van der Waals surface area contributed by atoms with Gasteiger partial charge in [0.15, 0.2) is 0 Å². The summed E-state index contributed by atoms with van der Waals surface area (Å²) in [6.07, 6.45) is 1.82. The highest BCUT2D eigenvalue weighted by molar-refractivity contribution is 6.09. The Labute approximate surface area is 255 Å². The minimum Gasteiger partial charge on any atom is -0.329 e. The number of hydrogen-bond acceptors (Lipinski definition) is 1. The molecule has 0 saturated carbocycles. The maximum Gasteiger partial charge on any atom is 0.135 e. The topological polar surface area (TPSA) is 15.6 Å². The van der Waals surface area contributed by atoms with E-state index >= 15 is 0 Å². The highest BCUT2D eigenvalue weighted by Gasteiger charge is 2.12. The van der Waals surface area contributed by atoms with Gasteiger partial charge in [-0.25, -0.2) is 0 Å². The summed E-state index contributed by atoms with van der Waals surface area (Å²) in [7, 11) is 2.05. The van der Waals surface area contributed by atoms with Crippen LogP contribution in [0.25, 0.3) is 44.5 Å². The maximum atomic E-state index is 4.80. The van der Waals surface area contributed by atoms with E-state index in [1.807, 2.05) is 30.3 Å². The van der Waals surface area contributed by atoms with Crippen LogP contribution in [-0.4, -0.2) is 19.4 Å². The van der Waals surface area contributed by atoms with Crippen molar-refractivity contribution in [1.82, 2.24) is 0 Å². The molecule has 2 nitrogen and oxygen atoms in total. The fraction of sp³-hybridized carbons (Fsp3) is 0.0488. The van der Waals surface area contributed by atoms with Gasteiger partial charge in [0.25, 0.3) is 0 Å². The summed E-state index contributed by atoms with van der Waals surface area (Å²) in [5.41, 5.74) is 11.8. The number of aliphatic imine (C=N–C) groups is 1. The second-order valence-corrected chi connectivity index (χ2v) is 10.5. The lowest BCUT2D eigenvalue weighted by atomic mass is 9.97. The Hall–Kier alpha value is -5.47. The van der Waals surface area contributed by atoms with Crippen LogP contribution in [0.2, 0.25) is 0 Å². The number of anilines is 1. The smallest absolute Gasteiger partial charge is 0.135 e. The molecule has 0 atom stereocenters. The fourth-order valence-electron chi connectivity index (χ4n) is 5.32. The van der Waals surface area contributed by atoms with Crippen molar-refractivity contribution < 1.29 is 0 Å². The summed E-state index contributed by atoms with van der Waals surface area (Å²) in [6.45, 7) is 4.41. The molecule has 0 aliphatic carbocycles. The molecule has 0 aliphatic heterocycles. The molecular weight excluding hydrogens is 520 g/mol. The zero-order valence-electron chi connectivity index (χ0n) is 24.4. The molecule has 0 aliphatic rings. The van der Waals surface area contributed by atoms with Gasteiger partial charge >= 0.3 is 0 Å². The summed E-state index contributed by atoms with van der Waals surface area (Å²) in [6, 6.07) is 55.8. The van der Waals surface area contributed by atoms with E-state index in [-0.39, 0.29) is 0 Å². The third-order valence-corrected chi connectivity index (χ3v) is 7.74. The first-order valence-corrected chi connectivity index (χ1v) is 14.6. The Bertz CT molecular complexity index is 1800. The van der Waals surface area contributed by atoms with Crippen molar-refractivity contribution in [1.29, 1.82) is 0 Å². The van der Waals surface area contributed by atoms with Gasteiger partial charge in [0.2, 0.25) is 0 Å². The van der Waals surface area contributed by atoms with Crippen molar-refractivity contribution in [3.05, 3.63) is 176 Å². The predicted molar refractivity (Wildman–Crippen MR) is 185 cm³/mol. The summed E-state index contributed by atoms with van der Waals surface area (Å²) in [5, 5.41) is 0. The molecule has 0 aromatic heterocycles. The fourth-order valence-corrected chi connectivity index (χ4v) is 5.32. The van der Waals surface area contributed by atoms with E-state index in [1.165, 1.54) is 44.5 Å². The highest BCUT2D eigenvalue weighted by atomic mass is 15.2. The molecule has 0 unspecified atom stereocenters. The molecule has 0 amide bonds. The van der Waals surface area contributed by atoms with Gasteiger partial charge in [-0.3, -0.25) is 4.99 Å². The van der Waals surface area contributed by atoms with Gasteiger partial charge in [0.1, 0.15) is 5.84 Å². The van der Waals surface area contributed by atoms with Gasteiger partial charge in [0, 0.05) is 18.3 Å². The first kappa shape index (κ1) is 27.7. The van der Waals surface area contributed by atoms with E-state index < -0.39 is 0 Å². The Morgan fingerprint density at radius 2 is 0.814 bits per heavy atom. The normalized spacial score (nSPS) is 11.2. The standard InChI is InChI=1S/C41H34N2/c1-3-30-42-41(43(2)40-12-8-5-9-13-40)39-28-26-38(27-29-39)37-24-22-36(23-25-37)35-20-18-34(19-21-35)33-16-14-32(15-17-33)31-10-6-4-7-11-31/h3-29H,1,30H2,2H3/b42-41-. The molecule has 0 bridgehead atoms. The number of para-hydroxylation sites is 1. The first-order chi connectivity index (χ1) is 21.2. The molecule has 208 valence electrons. The molecule has 0 radical (unpaired) electrons. The van der Waals surface area contributed by atoms with Crippen LogP contribution in [0.15, 0.2) is 175 Å². The molecule has 6 aromatic rings. The van der Waals surface area contributed by atoms with Crippen LogP contribution in [0.5, 0.6) is 0 Å². The summed E-state index contributed by atoms with van der Waals surface area (Å²) < 4.78 is 0. The maximum absolute atomic E-state index is 4.80. The number of rotatable bonds is 8. The van der Waals surface area contributed by atoms with Crippen molar-refractivity contribution in [2.45, 2.75) is 0 Å². The Kier molecular flexibility index (Phi) is 8.38. The van der Waals surface area contributed by atoms with E-state index in [0.29, 0.717) is 6.54 Å². The van der Waals surface area contributed by atoms with Crippen molar-refractivity contribution in [3.63, 3.8) is 0 Å². The summed E-state index contributed by atoms with van der Waals surface area (Å²) in [4.78, 5) is 6.93. The van der Waals surface area contributed by atoms with E-state index in [0.717, 1.165) is 17.1 Å². The molecule has 0 saturated heterocycles. The van der Waals surface area contributed by atoms with Gasteiger partial charge in [-0.05, 0) is 56.6 Å². The average molecular weight is 555 g/mol. The third-order valence-electron chi connectivity index (χ3n) is 7.74. The van der Waals surface area contributed by atoms with Crippen molar-refractivity contribution in [3.8, 4) is 44.5 Å². The average Bonchev–Trinajstić information content (AvgIpc) is 3.10. The van der Waals surface area contributed by atoms with E-state index in [4.69, 9.17) is 4.99 Å². The molecular formula is C41H34N2. The van der Waals surface area contributed by atoms with Crippen LogP contribution >= 0.6 is 0 Å². The minimum atomic E-state index is 0.567. The number of amidine groups is 1. The lowest BCUT2D eigenvalue weighted by Gasteiger charge is -2.22. The monoisotopic (exact) mass is 554 g/mol. The largest absolute Gasteiger partial charge is 0.329 e. The SMILES string of the molecule is C=CC/N=C(/c1ccc(-c2ccc(-c3ccc(-c4ccc(-c5ccccc5)cc4)cc3)cc2)cc1)N(C)c1ccccc1. The summed E-state index contributed by atoms with van der Waals surface area (Å²) in [5.74, 6) is 0.920. The van der Waals surface area contributed by atoms with Crippen molar-refractivity contribution >= 4 is 11.5 Å². The molecule has 0 heterocycles.